The number of carbonyl (C=O) groups is 5. The van der Waals surface area contributed by atoms with Crippen molar-refractivity contribution in [3.05, 3.63) is 41.5 Å². The molecule has 7 rings (SSSR count). The van der Waals surface area contributed by atoms with Gasteiger partial charge in [-0.05, 0) is 89.6 Å². The minimum absolute atomic E-state index is 0.0601. The van der Waals surface area contributed by atoms with Crippen LogP contribution in [0.4, 0.5) is 15.3 Å². The van der Waals surface area contributed by atoms with Crippen molar-refractivity contribution in [2.45, 2.75) is 126 Å². The molecule has 4 aliphatic heterocycles. The molecule has 16 nitrogen and oxygen atoms in total. The molecule has 2 aliphatic carbocycles. The van der Waals surface area contributed by atoms with Crippen molar-refractivity contribution in [3.63, 3.8) is 0 Å². The summed E-state index contributed by atoms with van der Waals surface area (Å²) in [5, 5.41) is 4.92. The Morgan fingerprint density at radius 1 is 0.965 bits per heavy atom. The molecule has 5 amide bonds. The number of hydrogen-bond donors (Lipinski definition) is 3. The molecule has 2 saturated heterocycles. The van der Waals surface area contributed by atoms with E-state index in [1.807, 2.05) is 18.2 Å². The van der Waals surface area contributed by atoms with Crippen LogP contribution in [0.3, 0.4) is 0 Å². The lowest BCUT2D eigenvalue weighted by Gasteiger charge is -2.34. The van der Waals surface area contributed by atoms with Crippen LogP contribution in [0.2, 0.25) is 0 Å². The minimum Gasteiger partial charge on any atom is -0.444 e. The van der Waals surface area contributed by atoms with E-state index in [0.717, 1.165) is 55.8 Å². The Hall–Kier alpha value is -4.38. The van der Waals surface area contributed by atoms with Crippen LogP contribution < -0.4 is 20.3 Å². The van der Waals surface area contributed by atoms with Gasteiger partial charge in [0.2, 0.25) is 21.8 Å². The summed E-state index contributed by atoms with van der Waals surface area (Å²) in [4.78, 5) is 76.8. The number of amides is 5. The number of benzene rings is 1. The van der Waals surface area contributed by atoms with E-state index in [-0.39, 0.29) is 25.8 Å². The van der Waals surface area contributed by atoms with Gasteiger partial charge in [0.1, 0.15) is 29.3 Å². The van der Waals surface area contributed by atoms with Crippen LogP contribution in [0.15, 0.2) is 30.4 Å². The fraction of sp³-hybridized carbons (Fsp3) is 0.675. The lowest BCUT2D eigenvalue weighted by atomic mass is 10.0. The van der Waals surface area contributed by atoms with Gasteiger partial charge < -0.3 is 34.8 Å². The van der Waals surface area contributed by atoms with Gasteiger partial charge in [-0.25, -0.2) is 18.0 Å². The van der Waals surface area contributed by atoms with Crippen LogP contribution in [-0.4, -0.2) is 127 Å². The summed E-state index contributed by atoms with van der Waals surface area (Å²) in [6.07, 6.45) is 5.70. The summed E-state index contributed by atoms with van der Waals surface area (Å²) < 4.78 is 39.4. The zero-order valence-electron chi connectivity index (χ0n) is 33.5. The van der Waals surface area contributed by atoms with Gasteiger partial charge in [0, 0.05) is 57.3 Å². The molecule has 1 aromatic carbocycles. The number of piperazine rings is 1. The third kappa shape index (κ3) is 9.51. The molecule has 0 spiro atoms. The molecular weight excluding hydrogens is 755 g/mol. The number of fused-ring (bicyclic) bond motifs is 3. The van der Waals surface area contributed by atoms with E-state index in [2.05, 4.69) is 44.3 Å². The van der Waals surface area contributed by atoms with Crippen molar-refractivity contribution in [2.24, 2.45) is 5.92 Å². The highest BCUT2D eigenvalue weighted by molar-refractivity contribution is 7.91. The largest absolute Gasteiger partial charge is 0.444 e. The van der Waals surface area contributed by atoms with Crippen LogP contribution in [-0.2, 0) is 47.0 Å². The number of nitrogens with one attached hydrogen (secondary N) is 3. The molecule has 4 fully saturated rings. The fourth-order valence-electron chi connectivity index (χ4n) is 8.29. The number of carbonyl (C=O) groups excluding carboxylic acids is 5. The first-order chi connectivity index (χ1) is 27.0. The molecule has 0 aromatic heterocycles. The number of alkyl carbamates (subject to hydrolysis) is 1. The van der Waals surface area contributed by atoms with Crippen molar-refractivity contribution in [2.75, 3.05) is 44.7 Å². The molecule has 1 aromatic rings. The summed E-state index contributed by atoms with van der Waals surface area (Å²) in [5.74, 6) is -2.47. The molecule has 0 unspecified atom stereocenters. The maximum Gasteiger partial charge on any atom is 0.410 e. The number of nitrogens with zero attached hydrogens (tertiary/aromatic N) is 4. The molecule has 0 bridgehead atoms. The quantitative estimate of drug-likeness (QED) is 0.359. The predicted molar refractivity (Wildman–Crippen MR) is 210 cm³/mol. The van der Waals surface area contributed by atoms with Gasteiger partial charge in [0.05, 0.1) is 11.8 Å². The Balaban J connectivity index is 1.10. The van der Waals surface area contributed by atoms with Gasteiger partial charge in [0.25, 0.3) is 5.91 Å². The summed E-state index contributed by atoms with van der Waals surface area (Å²) in [7, 11) is -1.80. The van der Waals surface area contributed by atoms with Gasteiger partial charge in [-0.1, -0.05) is 31.1 Å². The van der Waals surface area contributed by atoms with Crippen molar-refractivity contribution < 1.29 is 41.9 Å². The average molecular weight is 812 g/mol. The molecule has 6 aliphatic rings. The fourth-order valence-corrected chi connectivity index (χ4v) is 9.65. The normalized spacial score (nSPS) is 29.2. The highest BCUT2D eigenvalue weighted by Gasteiger charge is 2.62. The zero-order valence-corrected chi connectivity index (χ0v) is 34.3. The smallest absolute Gasteiger partial charge is 0.410 e. The van der Waals surface area contributed by atoms with Gasteiger partial charge >= 0.3 is 12.2 Å². The average Bonchev–Trinajstić information content (AvgIpc) is 4.03. The van der Waals surface area contributed by atoms with Crippen LogP contribution in [0.1, 0.15) is 89.7 Å². The van der Waals surface area contributed by atoms with E-state index in [4.69, 9.17) is 9.47 Å². The molecule has 4 heterocycles. The molecular formula is C40H57N7O9S. The van der Waals surface area contributed by atoms with E-state index >= 15 is 0 Å². The van der Waals surface area contributed by atoms with E-state index in [9.17, 15) is 32.4 Å². The van der Waals surface area contributed by atoms with Gasteiger partial charge in [-0.15, -0.1) is 0 Å². The Morgan fingerprint density at radius 3 is 2.42 bits per heavy atom. The summed E-state index contributed by atoms with van der Waals surface area (Å²) >= 11 is 0. The van der Waals surface area contributed by atoms with Crippen LogP contribution in [0.25, 0.3) is 0 Å². The van der Waals surface area contributed by atoms with Crippen molar-refractivity contribution >= 4 is 45.6 Å². The van der Waals surface area contributed by atoms with Crippen LogP contribution >= 0.6 is 0 Å². The summed E-state index contributed by atoms with van der Waals surface area (Å²) in [6, 6.07) is 4.04. The third-order valence-corrected chi connectivity index (χ3v) is 13.7. The second kappa shape index (κ2) is 16.1. The van der Waals surface area contributed by atoms with Crippen molar-refractivity contribution in [3.8, 4) is 0 Å². The standard InChI is InChI=1S/C40H57N7O9S/c1-39(2,3)56-37(51)41-32-11-9-7-5-6-8-10-28-22-40(28,36(50)43-57(53,54)31-14-15-31)42-34(48)33-21-30(25-47(33)35(32)49)55-38(52)46-23-26-12-13-29(20-27(26)24-46)45-18-16-44(4)17-19-45/h8,10,12-13,20,28,30-33H,5-7,9,11,14-19,21-25H2,1-4H3,(H,41,51)(H,42,48)(H,43,50)/b10-8-/t28-,30+,32-,33-,40+/m0/s1. The Bertz CT molecular complexity index is 1890. The summed E-state index contributed by atoms with van der Waals surface area (Å²) in [6.45, 7) is 9.53. The minimum atomic E-state index is -3.91. The van der Waals surface area contributed by atoms with Gasteiger partial charge in [-0.2, -0.15) is 0 Å². The molecule has 2 saturated carbocycles. The first kappa shape index (κ1) is 40.8. The number of anilines is 1. The predicted octanol–water partition coefficient (Wildman–Crippen LogP) is 2.76. The molecule has 5 atom stereocenters. The first-order valence-electron chi connectivity index (χ1n) is 20.4. The highest BCUT2D eigenvalue weighted by atomic mass is 32.2. The second-order valence-electron chi connectivity index (χ2n) is 17.6. The SMILES string of the molecule is CN1CCN(c2ccc3c(c2)CN(C(=O)O[C@@H]2C[C@H]4C(=O)N[C@]5(C(=O)NS(=O)(=O)C6CC6)C[C@@H]5/C=C\CCCCC[C@H](NC(=O)OC(C)(C)C)C(=O)N4C2)C3)CC1. The lowest BCUT2D eigenvalue weighted by molar-refractivity contribution is -0.141. The Morgan fingerprint density at radius 2 is 1.70 bits per heavy atom. The highest BCUT2D eigenvalue weighted by Crippen LogP contribution is 2.46. The Labute approximate surface area is 335 Å². The number of likely N-dealkylation sites (N-methyl/N-ethyl adjacent to an activating group) is 1. The summed E-state index contributed by atoms with van der Waals surface area (Å²) in [5.41, 5.74) is 0.820. The van der Waals surface area contributed by atoms with Crippen LogP contribution in [0.5, 0.6) is 0 Å². The van der Waals surface area contributed by atoms with Crippen molar-refractivity contribution in [1.82, 2.24) is 30.1 Å². The van der Waals surface area contributed by atoms with E-state index in [1.165, 1.54) is 4.90 Å². The van der Waals surface area contributed by atoms with Gasteiger partial charge in [0.15, 0.2) is 0 Å². The third-order valence-electron chi connectivity index (χ3n) is 11.8. The molecule has 0 radical (unpaired) electrons. The van der Waals surface area contributed by atoms with E-state index in [0.29, 0.717) is 38.8 Å². The maximum atomic E-state index is 14.5. The Kier molecular flexibility index (Phi) is 11.5. The van der Waals surface area contributed by atoms with Gasteiger partial charge in [-0.3, -0.25) is 24.0 Å². The number of ether oxygens (including phenoxy) is 2. The second-order valence-corrected chi connectivity index (χ2v) is 19.5. The first-order valence-corrected chi connectivity index (χ1v) is 21.9. The maximum absolute atomic E-state index is 14.5. The number of rotatable bonds is 6. The zero-order chi connectivity index (χ0) is 40.7. The molecule has 57 heavy (non-hydrogen) atoms. The number of hydrogen-bond acceptors (Lipinski definition) is 11. The topological polar surface area (TPSA) is 187 Å². The number of allylic oxidation sites excluding steroid dienone is 1. The molecule has 17 heteroatoms. The van der Waals surface area contributed by atoms with E-state index in [1.54, 1.807) is 25.7 Å². The lowest BCUT2D eigenvalue weighted by Crippen LogP contribution is -2.58. The van der Waals surface area contributed by atoms with Crippen molar-refractivity contribution in [1.29, 1.82) is 0 Å². The van der Waals surface area contributed by atoms with E-state index < -0.39 is 80.4 Å². The molecule has 3 N–H and O–H groups in total. The van der Waals surface area contributed by atoms with Crippen LogP contribution in [0, 0.1) is 5.92 Å². The monoisotopic (exact) mass is 811 g/mol. The number of sulfonamides is 1. The molecule has 312 valence electrons.